The third kappa shape index (κ3) is 4.83. The van der Waals surface area contributed by atoms with Gasteiger partial charge in [0.2, 0.25) is 0 Å². The van der Waals surface area contributed by atoms with E-state index >= 15 is 0 Å². The molecular formula is C17H31N3O. The summed E-state index contributed by atoms with van der Waals surface area (Å²) in [6.07, 6.45) is 0. The smallest absolute Gasteiger partial charge is 0.118 e. The molecule has 0 spiro atoms. The van der Waals surface area contributed by atoms with Crippen LogP contribution in [0.25, 0.3) is 0 Å². The fourth-order valence-electron chi connectivity index (χ4n) is 2.69. The molecule has 1 aromatic heterocycles. The van der Waals surface area contributed by atoms with E-state index in [2.05, 4.69) is 62.8 Å². The van der Waals surface area contributed by atoms with Gasteiger partial charge in [0.1, 0.15) is 11.5 Å². The summed E-state index contributed by atoms with van der Waals surface area (Å²) < 4.78 is 5.90. The van der Waals surface area contributed by atoms with Crippen LogP contribution >= 0.6 is 0 Å². The SMILES string of the molecule is Cc1oc(CNC(C)(C)C)cc1CN1CCN(C)C(C)C1. The summed E-state index contributed by atoms with van der Waals surface area (Å²) in [6, 6.07) is 2.85. The lowest BCUT2D eigenvalue weighted by Gasteiger charge is -2.37. The standard InChI is InChI=1S/C17H31N3O/c1-13-11-20(8-7-19(13)6)12-15-9-16(21-14(15)2)10-18-17(3,4)5/h9,13,18H,7-8,10-12H2,1-6H3. The van der Waals surface area contributed by atoms with Crippen molar-refractivity contribution in [1.29, 1.82) is 0 Å². The average molecular weight is 293 g/mol. The number of rotatable bonds is 4. The fourth-order valence-corrected chi connectivity index (χ4v) is 2.69. The number of aryl methyl sites for hydroxylation is 1. The van der Waals surface area contributed by atoms with Crippen LogP contribution in [0.2, 0.25) is 0 Å². The number of likely N-dealkylation sites (N-methyl/N-ethyl adjacent to an activating group) is 1. The molecule has 2 heterocycles. The summed E-state index contributed by atoms with van der Waals surface area (Å²) in [5.74, 6) is 2.10. The highest BCUT2D eigenvalue weighted by molar-refractivity contribution is 5.21. The topological polar surface area (TPSA) is 31.7 Å². The van der Waals surface area contributed by atoms with Crippen LogP contribution in [0.5, 0.6) is 0 Å². The number of nitrogens with one attached hydrogen (secondary N) is 1. The van der Waals surface area contributed by atoms with E-state index in [-0.39, 0.29) is 5.54 Å². The van der Waals surface area contributed by atoms with E-state index in [1.54, 1.807) is 0 Å². The Morgan fingerprint density at radius 3 is 2.67 bits per heavy atom. The van der Waals surface area contributed by atoms with E-state index in [9.17, 15) is 0 Å². The molecule has 1 aromatic rings. The first-order valence-electron chi connectivity index (χ1n) is 8.00. The summed E-state index contributed by atoms with van der Waals surface area (Å²) >= 11 is 0. The van der Waals surface area contributed by atoms with Crippen LogP contribution in [-0.2, 0) is 13.1 Å². The molecule has 0 saturated carbocycles. The lowest BCUT2D eigenvalue weighted by Crippen LogP contribution is -2.49. The van der Waals surface area contributed by atoms with E-state index < -0.39 is 0 Å². The second kappa shape index (κ2) is 6.51. The molecule has 1 fully saturated rings. The number of furan rings is 1. The summed E-state index contributed by atoms with van der Waals surface area (Å²) in [6.45, 7) is 16.1. The van der Waals surface area contributed by atoms with Crippen molar-refractivity contribution in [3.05, 3.63) is 23.2 Å². The Morgan fingerprint density at radius 2 is 2.05 bits per heavy atom. The maximum atomic E-state index is 5.90. The second-order valence-electron chi connectivity index (χ2n) is 7.46. The number of hydrogen-bond donors (Lipinski definition) is 1. The summed E-state index contributed by atoms with van der Waals surface area (Å²) in [5, 5.41) is 3.48. The summed E-state index contributed by atoms with van der Waals surface area (Å²) in [7, 11) is 2.21. The van der Waals surface area contributed by atoms with Crippen LogP contribution < -0.4 is 5.32 Å². The molecule has 0 bridgehead atoms. The van der Waals surface area contributed by atoms with Crippen LogP contribution in [0.3, 0.4) is 0 Å². The minimum atomic E-state index is 0.119. The predicted molar refractivity (Wildman–Crippen MR) is 87.4 cm³/mol. The molecule has 1 saturated heterocycles. The van der Waals surface area contributed by atoms with Crippen LogP contribution in [0.4, 0.5) is 0 Å². The zero-order valence-electron chi connectivity index (χ0n) is 14.5. The molecule has 120 valence electrons. The van der Waals surface area contributed by atoms with E-state index in [1.807, 2.05) is 0 Å². The van der Waals surface area contributed by atoms with Crippen molar-refractivity contribution in [2.45, 2.75) is 59.3 Å². The van der Waals surface area contributed by atoms with Gasteiger partial charge in [-0.2, -0.15) is 0 Å². The van der Waals surface area contributed by atoms with Crippen LogP contribution in [0, 0.1) is 6.92 Å². The normalized spacial score (nSPS) is 21.9. The van der Waals surface area contributed by atoms with Gasteiger partial charge in [0.05, 0.1) is 6.54 Å². The van der Waals surface area contributed by atoms with Gasteiger partial charge in [-0.25, -0.2) is 0 Å². The van der Waals surface area contributed by atoms with E-state index in [0.717, 1.165) is 44.2 Å². The lowest BCUT2D eigenvalue weighted by atomic mass is 10.1. The molecule has 0 aliphatic carbocycles. The zero-order valence-corrected chi connectivity index (χ0v) is 14.5. The molecule has 0 amide bonds. The quantitative estimate of drug-likeness (QED) is 0.925. The van der Waals surface area contributed by atoms with Gasteiger partial charge in [0.15, 0.2) is 0 Å². The third-order valence-corrected chi connectivity index (χ3v) is 4.30. The third-order valence-electron chi connectivity index (χ3n) is 4.30. The van der Waals surface area contributed by atoms with Crippen molar-refractivity contribution >= 4 is 0 Å². The maximum Gasteiger partial charge on any atom is 0.118 e. The van der Waals surface area contributed by atoms with Gasteiger partial charge >= 0.3 is 0 Å². The van der Waals surface area contributed by atoms with Crippen molar-refractivity contribution in [2.24, 2.45) is 0 Å². The number of piperazine rings is 1. The first-order chi connectivity index (χ1) is 9.74. The monoisotopic (exact) mass is 293 g/mol. The number of hydrogen-bond acceptors (Lipinski definition) is 4. The molecule has 1 unspecified atom stereocenters. The first kappa shape index (κ1) is 16.5. The van der Waals surface area contributed by atoms with E-state index in [0.29, 0.717) is 6.04 Å². The van der Waals surface area contributed by atoms with Crippen molar-refractivity contribution in [3.63, 3.8) is 0 Å². The Labute approximate surface area is 129 Å². The van der Waals surface area contributed by atoms with Crippen molar-refractivity contribution in [2.75, 3.05) is 26.7 Å². The molecule has 0 radical (unpaired) electrons. The Kier molecular flexibility index (Phi) is 5.12. The molecule has 0 aromatic carbocycles. The highest BCUT2D eigenvalue weighted by atomic mass is 16.3. The Balaban J connectivity index is 1.93. The maximum absolute atomic E-state index is 5.90. The van der Waals surface area contributed by atoms with Gasteiger partial charge in [-0.3, -0.25) is 4.90 Å². The second-order valence-corrected chi connectivity index (χ2v) is 7.46. The van der Waals surface area contributed by atoms with E-state index in [1.165, 1.54) is 5.56 Å². The predicted octanol–water partition coefficient (Wildman–Crippen LogP) is 2.61. The number of nitrogens with zero attached hydrogens (tertiary/aromatic N) is 2. The molecule has 4 heteroatoms. The molecule has 4 nitrogen and oxygen atoms in total. The molecule has 2 rings (SSSR count). The van der Waals surface area contributed by atoms with Gasteiger partial charge in [0, 0.05) is 43.3 Å². The largest absolute Gasteiger partial charge is 0.465 e. The van der Waals surface area contributed by atoms with E-state index in [4.69, 9.17) is 4.42 Å². The Bertz CT molecular complexity index is 461. The Hall–Kier alpha value is -0.840. The van der Waals surface area contributed by atoms with Gasteiger partial charge in [-0.05, 0) is 47.7 Å². The summed E-state index contributed by atoms with van der Waals surface area (Å²) in [5.41, 5.74) is 1.45. The Morgan fingerprint density at radius 1 is 1.33 bits per heavy atom. The average Bonchev–Trinajstić information content (AvgIpc) is 2.72. The molecular weight excluding hydrogens is 262 g/mol. The van der Waals surface area contributed by atoms with Crippen LogP contribution in [0.1, 0.15) is 44.8 Å². The van der Waals surface area contributed by atoms with Gasteiger partial charge in [-0.1, -0.05) is 0 Å². The molecule has 1 atom stereocenters. The molecule has 1 aliphatic rings. The molecule has 1 aliphatic heterocycles. The summed E-state index contributed by atoms with van der Waals surface area (Å²) in [4.78, 5) is 4.96. The minimum absolute atomic E-state index is 0.119. The van der Waals surface area contributed by atoms with Gasteiger partial charge < -0.3 is 14.6 Å². The molecule has 21 heavy (non-hydrogen) atoms. The van der Waals surface area contributed by atoms with Crippen LogP contribution in [0.15, 0.2) is 10.5 Å². The lowest BCUT2D eigenvalue weighted by molar-refractivity contribution is 0.0996. The van der Waals surface area contributed by atoms with Crippen LogP contribution in [-0.4, -0.2) is 48.1 Å². The van der Waals surface area contributed by atoms with Crippen molar-refractivity contribution in [3.8, 4) is 0 Å². The zero-order chi connectivity index (χ0) is 15.6. The van der Waals surface area contributed by atoms with Gasteiger partial charge in [0.25, 0.3) is 0 Å². The highest BCUT2D eigenvalue weighted by Crippen LogP contribution is 2.19. The first-order valence-corrected chi connectivity index (χ1v) is 8.00. The van der Waals surface area contributed by atoms with Crippen molar-refractivity contribution < 1.29 is 4.42 Å². The van der Waals surface area contributed by atoms with Crippen molar-refractivity contribution in [1.82, 2.24) is 15.1 Å². The van der Waals surface area contributed by atoms with Gasteiger partial charge in [-0.15, -0.1) is 0 Å². The molecule has 1 N–H and O–H groups in total. The highest BCUT2D eigenvalue weighted by Gasteiger charge is 2.22. The minimum Gasteiger partial charge on any atom is -0.465 e. The fraction of sp³-hybridized carbons (Fsp3) is 0.765.